The molecule has 14 heavy (non-hydrogen) atoms. The number of aromatic amines is 1. The first-order chi connectivity index (χ1) is 6.68. The highest BCUT2D eigenvalue weighted by molar-refractivity contribution is 5.13. The molecule has 0 atom stereocenters. The van der Waals surface area contributed by atoms with Gasteiger partial charge in [-0.25, -0.2) is 4.98 Å². The lowest BCUT2D eigenvalue weighted by Gasteiger charge is -2.25. The summed E-state index contributed by atoms with van der Waals surface area (Å²) in [5.41, 5.74) is 0.776. The van der Waals surface area contributed by atoms with Gasteiger partial charge in [0.2, 0.25) is 0 Å². The summed E-state index contributed by atoms with van der Waals surface area (Å²) in [5, 5.41) is 3.15. The Bertz CT molecular complexity index is 379. The van der Waals surface area contributed by atoms with E-state index in [1.807, 2.05) is 13.8 Å². The fourth-order valence-corrected chi connectivity index (χ4v) is 1.52. The summed E-state index contributed by atoms with van der Waals surface area (Å²) in [7, 11) is 0. The van der Waals surface area contributed by atoms with E-state index in [4.69, 9.17) is 0 Å². The van der Waals surface area contributed by atoms with Crippen molar-refractivity contribution >= 4 is 0 Å². The highest BCUT2D eigenvalue weighted by atomic mass is 16.1. The Morgan fingerprint density at radius 1 is 1.50 bits per heavy atom. The van der Waals surface area contributed by atoms with Gasteiger partial charge in [-0.1, -0.05) is 13.8 Å². The zero-order valence-corrected chi connectivity index (χ0v) is 8.50. The lowest BCUT2D eigenvalue weighted by molar-refractivity contribution is 0.428. The lowest BCUT2D eigenvalue weighted by Crippen LogP contribution is -2.41. The van der Waals surface area contributed by atoms with Gasteiger partial charge >= 0.3 is 0 Å². The topological polar surface area (TPSA) is 57.8 Å². The maximum absolute atomic E-state index is 11.6. The van der Waals surface area contributed by atoms with Gasteiger partial charge in [-0.3, -0.25) is 4.79 Å². The van der Waals surface area contributed by atoms with Crippen LogP contribution in [-0.2, 0) is 0 Å². The standard InChI is InChI=1S/C10H15N3O/c1-6(2)8-5-12-9(13-10(8)14)7-3-11-4-7/h5-7,11H,3-4H2,1-2H3,(H,12,13,14). The van der Waals surface area contributed by atoms with E-state index < -0.39 is 0 Å². The van der Waals surface area contributed by atoms with Crippen LogP contribution in [0.4, 0.5) is 0 Å². The lowest BCUT2D eigenvalue weighted by atomic mass is 10.0. The van der Waals surface area contributed by atoms with E-state index in [-0.39, 0.29) is 11.5 Å². The first-order valence-electron chi connectivity index (χ1n) is 4.98. The number of nitrogens with one attached hydrogen (secondary N) is 2. The van der Waals surface area contributed by atoms with Gasteiger partial charge in [0.15, 0.2) is 0 Å². The molecule has 0 aliphatic carbocycles. The van der Waals surface area contributed by atoms with Gasteiger partial charge in [0.25, 0.3) is 5.56 Å². The van der Waals surface area contributed by atoms with Crippen molar-refractivity contribution in [2.45, 2.75) is 25.7 Å². The van der Waals surface area contributed by atoms with E-state index in [1.54, 1.807) is 6.20 Å². The summed E-state index contributed by atoms with van der Waals surface area (Å²) in [5.74, 6) is 1.45. The number of hydrogen-bond acceptors (Lipinski definition) is 3. The molecule has 0 amide bonds. The van der Waals surface area contributed by atoms with E-state index in [9.17, 15) is 4.79 Å². The molecule has 76 valence electrons. The van der Waals surface area contributed by atoms with Crippen LogP contribution < -0.4 is 10.9 Å². The Hall–Kier alpha value is -1.16. The molecular formula is C10H15N3O. The molecule has 4 nitrogen and oxygen atoms in total. The molecule has 1 aliphatic rings. The average Bonchev–Trinajstić information content (AvgIpc) is 2.00. The van der Waals surface area contributed by atoms with Crippen LogP contribution in [0.15, 0.2) is 11.0 Å². The van der Waals surface area contributed by atoms with Crippen molar-refractivity contribution in [2.24, 2.45) is 0 Å². The molecular weight excluding hydrogens is 178 g/mol. The fourth-order valence-electron chi connectivity index (χ4n) is 1.52. The zero-order valence-electron chi connectivity index (χ0n) is 8.50. The average molecular weight is 193 g/mol. The maximum atomic E-state index is 11.6. The molecule has 2 rings (SSSR count). The van der Waals surface area contributed by atoms with Crippen molar-refractivity contribution in [3.63, 3.8) is 0 Å². The minimum absolute atomic E-state index is 0.0110. The first-order valence-corrected chi connectivity index (χ1v) is 4.98. The van der Waals surface area contributed by atoms with E-state index in [2.05, 4.69) is 15.3 Å². The first kappa shape index (κ1) is 9.40. The molecule has 1 saturated heterocycles. The fraction of sp³-hybridized carbons (Fsp3) is 0.600. The SMILES string of the molecule is CC(C)c1cnc(C2CNC2)[nH]c1=O. The van der Waals surface area contributed by atoms with Crippen LogP contribution in [0.2, 0.25) is 0 Å². The van der Waals surface area contributed by atoms with E-state index in [0.717, 1.165) is 24.5 Å². The quantitative estimate of drug-likeness (QED) is 0.722. The number of hydrogen-bond donors (Lipinski definition) is 2. The van der Waals surface area contributed by atoms with Crippen LogP contribution in [0.1, 0.15) is 37.1 Å². The third-order valence-electron chi connectivity index (χ3n) is 2.64. The van der Waals surface area contributed by atoms with Crippen molar-refractivity contribution in [3.05, 3.63) is 27.9 Å². The van der Waals surface area contributed by atoms with Gasteiger partial charge < -0.3 is 10.3 Å². The molecule has 2 heterocycles. The van der Waals surface area contributed by atoms with Gasteiger partial charge in [0.1, 0.15) is 5.82 Å². The molecule has 0 aromatic carbocycles. The molecule has 1 aliphatic heterocycles. The summed E-state index contributed by atoms with van der Waals surface area (Å²) in [6, 6.07) is 0. The van der Waals surface area contributed by atoms with Gasteiger partial charge in [0, 0.05) is 30.8 Å². The smallest absolute Gasteiger partial charge is 0.254 e. The summed E-state index contributed by atoms with van der Waals surface area (Å²) in [4.78, 5) is 18.7. The van der Waals surface area contributed by atoms with E-state index in [0.29, 0.717) is 5.92 Å². The van der Waals surface area contributed by atoms with Crippen molar-refractivity contribution in [2.75, 3.05) is 13.1 Å². The highest BCUT2D eigenvalue weighted by Gasteiger charge is 2.21. The zero-order chi connectivity index (χ0) is 10.1. The number of nitrogens with zero attached hydrogens (tertiary/aromatic N) is 1. The Kier molecular flexibility index (Phi) is 2.37. The third kappa shape index (κ3) is 1.57. The summed E-state index contributed by atoms with van der Waals surface area (Å²) < 4.78 is 0. The van der Waals surface area contributed by atoms with Crippen LogP contribution in [0, 0.1) is 0 Å². The second kappa shape index (κ2) is 3.53. The minimum atomic E-state index is 0.0110. The molecule has 1 aromatic rings. The monoisotopic (exact) mass is 193 g/mol. The van der Waals surface area contributed by atoms with Crippen molar-refractivity contribution in [3.8, 4) is 0 Å². The molecule has 4 heteroatoms. The number of H-pyrrole nitrogens is 1. The molecule has 0 bridgehead atoms. The molecule has 1 fully saturated rings. The Balaban J connectivity index is 2.30. The predicted molar refractivity (Wildman–Crippen MR) is 54.6 cm³/mol. The molecule has 1 aromatic heterocycles. The van der Waals surface area contributed by atoms with Crippen molar-refractivity contribution < 1.29 is 0 Å². The maximum Gasteiger partial charge on any atom is 0.254 e. The predicted octanol–water partition coefficient (Wildman–Crippen LogP) is 0.580. The second-order valence-electron chi connectivity index (χ2n) is 4.06. The number of aromatic nitrogens is 2. The van der Waals surface area contributed by atoms with Gasteiger partial charge in [0.05, 0.1) is 0 Å². The highest BCUT2D eigenvalue weighted by Crippen LogP contribution is 2.15. The largest absolute Gasteiger partial charge is 0.315 e. The molecule has 0 saturated carbocycles. The van der Waals surface area contributed by atoms with Crippen LogP contribution in [0.25, 0.3) is 0 Å². The minimum Gasteiger partial charge on any atom is -0.315 e. The third-order valence-corrected chi connectivity index (χ3v) is 2.64. The Morgan fingerprint density at radius 2 is 2.21 bits per heavy atom. The molecule has 2 N–H and O–H groups in total. The van der Waals surface area contributed by atoms with Gasteiger partial charge in [-0.15, -0.1) is 0 Å². The Morgan fingerprint density at radius 3 is 2.64 bits per heavy atom. The molecule has 0 unspecified atom stereocenters. The van der Waals surface area contributed by atoms with Crippen molar-refractivity contribution in [1.82, 2.24) is 15.3 Å². The molecule has 0 radical (unpaired) electrons. The van der Waals surface area contributed by atoms with Crippen LogP contribution in [0.3, 0.4) is 0 Å². The summed E-state index contributed by atoms with van der Waals surface area (Å²) >= 11 is 0. The summed E-state index contributed by atoms with van der Waals surface area (Å²) in [6.07, 6.45) is 1.71. The van der Waals surface area contributed by atoms with Crippen LogP contribution in [0.5, 0.6) is 0 Å². The van der Waals surface area contributed by atoms with Crippen molar-refractivity contribution in [1.29, 1.82) is 0 Å². The Labute approximate surface area is 82.8 Å². The van der Waals surface area contributed by atoms with Crippen LogP contribution >= 0.6 is 0 Å². The second-order valence-corrected chi connectivity index (χ2v) is 4.06. The van der Waals surface area contributed by atoms with Crippen LogP contribution in [-0.4, -0.2) is 23.1 Å². The van der Waals surface area contributed by atoms with Gasteiger partial charge in [-0.05, 0) is 5.92 Å². The van der Waals surface area contributed by atoms with Gasteiger partial charge in [-0.2, -0.15) is 0 Å². The van der Waals surface area contributed by atoms with E-state index >= 15 is 0 Å². The number of rotatable bonds is 2. The molecule has 0 spiro atoms. The summed E-state index contributed by atoms with van der Waals surface area (Å²) in [6.45, 7) is 5.83. The van der Waals surface area contributed by atoms with E-state index in [1.165, 1.54) is 0 Å². The normalized spacial score (nSPS) is 17.1.